The van der Waals surface area contributed by atoms with Gasteiger partial charge in [0, 0.05) is 16.8 Å². The molecule has 0 aliphatic carbocycles. The second-order valence-corrected chi connectivity index (χ2v) is 5.47. The lowest BCUT2D eigenvalue weighted by molar-refractivity contribution is 0.307. The maximum absolute atomic E-state index is 14.5. The molecule has 2 nitrogen and oxygen atoms in total. The van der Waals surface area contributed by atoms with Gasteiger partial charge in [-0.15, -0.1) is 0 Å². The molecule has 0 aromatic heterocycles. The topological polar surface area (TPSA) is 35.2 Å². The molecule has 3 aromatic rings. The molecule has 2 N–H and O–H groups in total. The predicted molar refractivity (Wildman–Crippen MR) is 91.8 cm³/mol. The number of benzene rings is 3. The van der Waals surface area contributed by atoms with Crippen molar-refractivity contribution in [1.82, 2.24) is 0 Å². The van der Waals surface area contributed by atoms with Gasteiger partial charge in [-0.3, -0.25) is 0 Å². The number of ether oxygens (including phenoxy) is 1. The average molecular weight is 307 g/mol. The van der Waals surface area contributed by atoms with Crippen LogP contribution < -0.4 is 10.5 Å². The van der Waals surface area contributed by atoms with Gasteiger partial charge in [0.15, 0.2) is 0 Å². The molecule has 0 aliphatic heterocycles. The Labute approximate surface area is 135 Å². The summed E-state index contributed by atoms with van der Waals surface area (Å²) >= 11 is 0. The third-order valence-corrected chi connectivity index (χ3v) is 3.72. The van der Waals surface area contributed by atoms with Gasteiger partial charge in [-0.25, -0.2) is 4.39 Å². The fraction of sp³-hybridized carbons (Fsp3) is 0.100. The van der Waals surface area contributed by atoms with Crippen LogP contribution in [0.5, 0.6) is 5.75 Å². The van der Waals surface area contributed by atoms with Crippen molar-refractivity contribution in [3.8, 4) is 16.9 Å². The predicted octanol–water partition coefficient (Wildman–Crippen LogP) is 4.96. The summed E-state index contributed by atoms with van der Waals surface area (Å²) < 4.78 is 20.4. The van der Waals surface area contributed by atoms with Crippen LogP contribution >= 0.6 is 0 Å². The highest BCUT2D eigenvalue weighted by Crippen LogP contribution is 2.34. The molecule has 0 fully saturated rings. The van der Waals surface area contributed by atoms with Gasteiger partial charge in [0.1, 0.15) is 18.2 Å². The zero-order valence-corrected chi connectivity index (χ0v) is 12.9. The maximum atomic E-state index is 14.5. The largest absolute Gasteiger partial charge is 0.488 e. The van der Waals surface area contributed by atoms with Crippen LogP contribution in [0, 0.1) is 12.7 Å². The third-order valence-electron chi connectivity index (χ3n) is 3.72. The number of nitrogens with two attached hydrogens (primary N) is 1. The summed E-state index contributed by atoms with van der Waals surface area (Å²) in [6.07, 6.45) is 0. The highest BCUT2D eigenvalue weighted by atomic mass is 19.1. The fourth-order valence-electron chi connectivity index (χ4n) is 2.47. The monoisotopic (exact) mass is 307 g/mol. The second-order valence-electron chi connectivity index (χ2n) is 5.47. The number of halogens is 1. The molecule has 3 rings (SSSR count). The minimum atomic E-state index is -0.248. The van der Waals surface area contributed by atoms with E-state index in [4.69, 9.17) is 10.5 Å². The van der Waals surface area contributed by atoms with Crippen molar-refractivity contribution in [3.63, 3.8) is 0 Å². The quantitative estimate of drug-likeness (QED) is 0.691. The van der Waals surface area contributed by atoms with E-state index in [0.717, 1.165) is 5.56 Å². The number of anilines is 1. The van der Waals surface area contributed by atoms with Crippen LogP contribution in [0.25, 0.3) is 11.1 Å². The van der Waals surface area contributed by atoms with E-state index in [-0.39, 0.29) is 5.82 Å². The van der Waals surface area contributed by atoms with Crippen LogP contribution in [0.2, 0.25) is 0 Å². The third kappa shape index (κ3) is 3.34. The van der Waals surface area contributed by atoms with Crippen LogP contribution in [0.15, 0.2) is 66.7 Å². The molecule has 0 unspecified atom stereocenters. The van der Waals surface area contributed by atoms with Crippen molar-refractivity contribution in [2.45, 2.75) is 13.5 Å². The van der Waals surface area contributed by atoms with Gasteiger partial charge in [-0.05, 0) is 36.2 Å². The van der Waals surface area contributed by atoms with Crippen molar-refractivity contribution in [1.29, 1.82) is 0 Å². The standard InChI is InChI=1S/C20H18FNO/c1-14-6-5-9-17(20(14)21)18-12-16(22)10-11-19(18)23-13-15-7-3-2-4-8-15/h2-12H,13,22H2,1H3. The first-order chi connectivity index (χ1) is 11.1. The Bertz CT molecular complexity index is 815. The highest BCUT2D eigenvalue weighted by Gasteiger charge is 2.13. The van der Waals surface area contributed by atoms with Crippen LogP contribution in [0.3, 0.4) is 0 Å². The number of nitrogen functional groups attached to an aromatic ring is 1. The van der Waals surface area contributed by atoms with Gasteiger partial charge in [0.2, 0.25) is 0 Å². The van der Waals surface area contributed by atoms with E-state index < -0.39 is 0 Å². The van der Waals surface area contributed by atoms with E-state index in [9.17, 15) is 4.39 Å². The average Bonchev–Trinajstić information content (AvgIpc) is 2.57. The molecule has 0 spiro atoms. The van der Waals surface area contributed by atoms with E-state index in [0.29, 0.717) is 34.7 Å². The molecule has 0 heterocycles. The summed E-state index contributed by atoms with van der Waals surface area (Å²) in [5.41, 5.74) is 9.28. The van der Waals surface area contributed by atoms with E-state index in [1.54, 1.807) is 37.3 Å². The lowest BCUT2D eigenvalue weighted by Crippen LogP contribution is -1.99. The molecule has 23 heavy (non-hydrogen) atoms. The number of rotatable bonds is 4. The molecule has 0 amide bonds. The second kappa shape index (κ2) is 6.53. The first-order valence-electron chi connectivity index (χ1n) is 7.47. The van der Waals surface area contributed by atoms with Gasteiger partial charge in [0.05, 0.1) is 0 Å². The van der Waals surface area contributed by atoms with E-state index >= 15 is 0 Å². The molecule has 0 atom stereocenters. The summed E-state index contributed by atoms with van der Waals surface area (Å²) in [5.74, 6) is 0.371. The lowest BCUT2D eigenvalue weighted by Gasteiger charge is -2.14. The summed E-state index contributed by atoms with van der Waals surface area (Å²) in [4.78, 5) is 0. The zero-order valence-electron chi connectivity index (χ0n) is 12.9. The summed E-state index contributed by atoms with van der Waals surface area (Å²) in [6, 6.07) is 20.5. The van der Waals surface area contributed by atoms with E-state index in [2.05, 4.69) is 0 Å². The molecule has 0 radical (unpaired) electrons. The van der Waals surface area contributed by atoms with Gasteiger partial charge >= 0.3 is 0 Å². The van der Waals surface area contributed by atoms with Crippen molar-refractivity contribution < 1.29 is 9.13 Å². The Balaban J connectivity index is 1.96. The zero-order chi connectivity index (χ0) is 16.2. The molecule has 0 aliphatic rings. The summed E-state index contributed by atoms with van der Waals surface area (Å²) in [5, 5.41) is 0. The first-order valence-corrected chi connectivity index (χ1v) is 7.47. The SMILES string of the molecule is Cc1cccc(-c2cc(N)ccc2OCc2ccccc2)c1F. The Hall–Kier alpha value is -2.81. The smallest absolute Gasteiger partial charge is 0.134 e. The Morgan fingerprint density at radius 1 is 0.913 bits per heavy atom. The molecular formula is C20H18FNO. The number of aryl methyl sites for hydroxylation is 1. The van der Waals surface area contributed by atoms with Crippen molar-refractivity contribution in [3.05, 3.63) is 83.7 Å². The van der Waals surface area contributed by atoms with Crippen molar-refractivity contribution >= 4 is 5.69 Å². The molecule has 3 aromatic carbocycles. The minimum Gasteiger partial charge on any atom is -0.488 e. The molecule has 0 bridgehead atoms. The number of hydrogen-bond acceptors (Lipinski definition) is 2. The number of hydrogen-bond donors (Lipinski definition) is 1. The molecular weight excluding hydrogens is 289 g/mol. The van der Waals surface area contributed by atoms with E-state index in [1.165, 1.54) is 0 Å². The Morgan fingerprint density at radius 3 is 2.48 bits per heavy atom. The van der Waals surface area contributed by atoms with Gasteiger partial charge in [0.25, 0.3) is 0 Å². The Kier molecular flexibility index (Phi) is 4.29. The minimum absolute atomic E-state index is 0.248. The highest BCUT2D eigenvalue weighted by molar-refractivity contribution is 5.74. The lowest BCUT2D eigenvalue weighted by atomic mass is 10.0. The molecule has 0 saturated heterocycles. The van der Waals surface area contributed by atoms with Crippen molar-refractivity contribution in [2.75, 3.05) is 5.73 Å². The molecule has 0 saturated carbocycles. The van der Waals surface area contributed by atoms with Gasteiger partial charge in [-0.2, -0.15) is 0 Å². The van der Waals surface area contributed by atoms with Gasteiger partial charge < -0.3 is 10.5 Å². The van der Waals surface area contributed by atoms with Crippen molar-refractivity contribution in [2.24, 2.45) is 0 Å². The first kappa shape index (κ1) is 15.1. The fourth-order valence-corrected chi connectivity index (χ4v) is 2.47. The molecule has 3 heteroatoms. The molecule has 116 valence electrons. The van der Waals surface area contributed by atoms with Crippen LogP contribution in [-0.2, 0) is 6.61 Å². The maximum Gasteiger partial charge on any atom is 0.134 e. The van der Waals surface area contributed by atoms with E-state index in [1.807, 2.05) is 36.4 Å². The summed E-state index contributed by atoms with van der Waals surface area (Å²) in [7, 11) is 0. The Morgan fingerprint density at radius 2 is 1.70 bits per heavy atom. The van der Waals surface area contributed by atoms with Crippen LogP contribution in [0.4, 0.5) is 10.1 Å². The summed E-state index contributed by atoms with van der Waals surface area (Å²) in [6.45, 7) is 2.17. The van der Waals surface area contributed by atoms with Crippen LogP contribution in [-0.4, -0.2) is 0 Å². The van der Waals surface area contributed by atoms with Crippen LogP contribution in [0.1, 0.15) is 11.1 Å². The van der Waals surface area contributed by atoms with Gasteiger partial charge in [-0.1, -0.05) is 48.5 Å². The normalized spacial score (nSPS) is 10.5.